The third kappa shape index (κ3) is 4.25. The van der Waals surface area contributed by atoms with Gasteiger partial charge in [-0.3, -0.25) is 9.69 Å². The number of benzene rings is 1. The maximum absolute atomic E-state index is 12.4. The van der Waals surface area contributed by atoms with Gasteiger partial charge < -0.3 is 5.32 Å². The molecule has 1 atom stereocenters. The number of piperidine rings is 1. The molecule has 3 rings (SSSR count). The van der Waals surface area contributed by atoms with Crippen LogP contribution in [0.4, 0.5) is 0 Å². The van der Waals surface area contributed by atoms with Gasteiger partial charge in [0.25, 0.3) is 5.91 Å². The van der Waals surface area contributed by atoms with E-state index in [-0.39, 0.29) is 11.9 Å². The summed E-state index contributed by atoms with van der Waals surface area (Å²) < 4.78 is 0. The number of nitrogens with one attached hydrogen (secondary N) is 1. The standard InChI is InChI=1S/C20H26N2OS/c1-15-5-7-17(8-6-15)20(23)21-14-18(19-4-3-13-24-19)22-11-9-16(2)10-12-22/h3-8,13,16,18H,9-12,14H2,1-2H3,(H,21,23)/t18-/m1/s1. The van der Waals surface area contributed by atoms with Gasteiger partial charge in [0.1, 0.15) is 0 Å². The quantitative estimate of drug-likeness (QED) is 0.880. The van der Waals surface area contributed by atoms with Crippen molar-refractivity contribution in [1.29, 1.82) is 0 Å². The van der Waals surface area contributed by atoms with Crippen molar-refractivity contribution in [1.82, 2.24) is 10.2 Å². The van der Waals surface area contributed by atoms with Gasteiger partial charge in [0.2, 0.25) is 0 Å². The predicted molar refractivity (Wildman–Crippen MR) is 101 cm³/mol. The van der Waals surface area contributed by atoms with Crippen molar-refractivity contribution in [2.75, 3.05) is 19.6 Å². The maximum atomic E-state index is 12.4. The van der Waals surface area contributed by atoms with Crippen molar-refractivity contribution in [3.63, 3.8) is 0 Å². The monoisotopic (exact) mass is 342 g/mol. The topological polar surface area (TPSA) is 32.3 Å². The highest BCUT2D eigenvalue weighted by atomic mass is 32.1. The minimum Gasteiger partial charge on any atom is -0.350 e. The van der Waals surface area contributed by atoms with Crippen LogP contribution in [0.2, 0.25) is 0 Å². The van der Waals surface area contributed by atoms with Crippen LogP contribution in [-0.2, 0) is 0 Å². The summed E-state index contributed by atoms with van der Waals surface area (Å²) in [4.78, 5) is 16.3. The molecule has 0 aliphatic carbocycles. The van der Waals surface area contributed by atoms with Crippen LogP contribution in [0.1, 0.15) is 46.6 Å². The Morgan fingerprint density at radius 3 is 2.58 bits per heavy atom. The molecule has 1 fully saturated rings. The first-order chi connectivity index (χ1) is 11.6. The first kappa shape index (κ1) is 17.2. The zero-order valence-corrected chi connectivity index (χ0v) is 15.3. The second kappa shape index (κ2) is 7.95. The summed E-state index contributed by atoms with van der Waals surface area (Å²) in [5.41, 5.74) is 1.91. The molecule has 1 aromatic heterocycles. The maximum Gasteiger partial charge on any atom is 0.251 e. The first-order valence-corrected chi connectivity index (χ1v) is 9.64. The van der Waals surface area contributed by atoms with Gasteiger partial charge in [-0.25, -0.2) is 0 Å². The Hall–Kier alpha value is -1.65. The number of thiophene rings is 1. The van der Waals surface area contributed by atoms with E-state index >= 15 is 0 Å². The lowest BCUT2D eigenvalue weighted by Gasteiger charge is -2.36. The Morgan fingerprint density at radius 1 is 1.25 bits per heavy atom. The molecule has 1 aliphatic rings. The Balaban J connectivity index is 1.66. The summed E-state index contributed by atoms with van der Waals surface area (Å²) in [6.45, 7) is 7.26. The summed E-state index contributed by atoms with van der Waals surface area (Å²) in [5.74, 6) is 0.828. The van der Waals surface area contributed by atoms with E-state index in [0.29, 0.717) is 6.54 Å². The largest absolute Gasteiger partial charge is 0.350 e. The van der Waals surface area contributed by atoms with Gasteiger partial charge in [-0.2, -0.15) is 0 Å². The summed E-state index contributed by atoms with van der Waals surface area (Å²) in [7, 11) is 0. The molecule has 0 spiro atoms. The molecule has 0 radical (unpaired) electrons. The second-order valence-corrected chi connectivity index (χ2v) is 7.81. The smallest absolute Gasteiger partial charge is 0.251 e. The zero-order valence-electron chi connectivity index (χ0n) is 14.5. The van der Waals surface area contributed by atoms with Gasteiger partial charge >= 0.3 is 0 Å². The minimum atomic E-state index is 0.0157. The highest BCUT2D eigenvalue weighted by molar-refractivity contribution is 7.10. The lowest BCUT2D eigenvalue weighted by molar-refractivity contribution is 0.0915. The highest BCUT2D eigenvalue weighted by Crippen LogP contribution is 2.29. The first-order valence-electron chi connectivity index (χ1n) is 8.76. The Bertz CT molecular complexity index is 643. The molecule has 0 unspecified atom stereocenters. The number of carbonyl (C=O) groups is 1. The number of likely N-dealkylation sites (tertiary alicyclic amines) is 1. The number of rotatable bonds is 5. The van der Waals surface area contributed by atoms with E-state index in [2.05, 4.69) is 34.7 Å². The third-order valence-electron chi connectivity index (χ3n) is 4.90. The summed E-state index contributed by atoms with van der Waals surface area (Å²) in [5, 5.41) is 5.26. The molecule has 1 aromatic carbocycles. The van der Waals surface area contributed by atoms with E-state index in [0.717, 1.165) is 24.6 Å². The van der Waals surface area contributed by atoms with E-state index in [1.807, 2.05) is 31.2 Å². The van der Waals surface area contributed by atoms with Crippen LogP contribution in [0, 0.1) is 12.8 Å². The van der Waals surface area contributed by atoms with Crippen molar-refractivity contribution in [2.45, 2.75) is 32.7 Å². The lowest BCUT2D eigenvalue weighted by Crippen LogP contribution is -2.41. The number of hydrogen-bond acceptors (Lipinski definition) is 3. The van der Waals surface area contributed by atoms with Crippen LogP contribution in [0.25, 0.3) is 0 Å². The SMILES string of the molecule is Cc1ccc(C(=O)NC[C@H](c2cccs2)N2CCC(C)CC2)cc1. The molecule has 2 heterocycles. The van der Waals surface area contributed by atoms with E-state index in [4.69, 9.17) is 0 Å². The zero-order chi connectivity index (χ0) is 16.9. The number of nitrogens with zero attached hydrogens (tertiary/aromatic N) is 1. The Kier molecular flexibility index (Phi) is 5.69. The fourth-order valence-electron chi connectivity index (χ4n) is 3.23. The van der Waals surface area contributed by atoms with Crippen LogP contribution in [0.15, 0.2) is 41.8 Å². The highest BCUT2D eigenvalue weighted by Gasteiger charge is 2.25. The van der Waals surface area contributed by atoms with Crippen LogP contribution in [0.3, 0.4) is 0 Å². The molecule has 3 nitrogen and oxygen atoms in total. The number of carbonyl (C=O) groups excluding carboxylic acids is 1. The van der Waals surface area contributed by atoms with Gasteiger partial charge in [-0.15, -0.1) is 11.3 Å². The van der Waals surface area contributed by atoms with Crippen molar-refractivity contribution >= 4 is 17.2 Å². The third-order valence-corrected chi connectivity index (χ3v) is 5.87. The van der Waals surface area contributed by atoms with Crippen molar-refractivity contribution in [2.24, 2.45) is 5.92 Å². The van der Waals surface area contributed by atoms with Crippen LogP contribution >= 0.6 is 11.3 Å². The summed E-state index contributed by atoms with van der Waals surface area (Å²) in [6.07, 6.45) is 2.49. The van der Waals surface area contributed by atoms with E-state index < -0.39 is 0 Å². The second-order valence-electron chi connectivity index (χ2n) is 6.83. The van der Waals surface area contributed by atoms with Gasteiger partial charge in [0.05, 0.1) is 6.04 Å². The molecular formula is C20H26N2OS. The molecule has 1 saturated heterocycles. The summed E-state index contributed by atoms with van der Waals surface area (Å²) >= 11 is 1.78. The molecule has 128 valence electrons. The van der Waals surface area contributed by atoms with Crippen molar-refractivity contribution in [3.05, 3.63) is 57.8 Å². The van der Waals surface area contributed by atoms with E-state index in [1.54, 1.807) is 11.3 Å². The van der Waals surface area contributed by atoms with Gasteiger partial charge in [0.15, 0.2) is 0 Å². The molecule has 0 saturated carbocycles. The van der Waals surface area contributed by atoms with Crippen LogP contribution < -0.4 is 5.32 Å². The average Bonchev–Trinajstić information content (AvgIpc) is 3.11. The summed E-state index contributed by atoms with van der Waals surface area (Å²) in [6, 6.07) is 12.3. The van der Waals surface area contributed by atoms with Gasteiger partial charge in [0, 0.05) is 17.0 Å². The van der Waals surface area contributed by atoms with Crippen LogP contribution in [0.5, 0.6) is 0 Å². The Labute approximate surface area is 148 Å². The van der Waals surface area contributed by atoms with Crippen LogP contribution in [-0.4, -0.2) is 30.4 Å². The molecular weight excluding hydrogens is 316 g/mol. The fourth-order valence-corrected chi connectivity index (χ4v) is 4.09. The lowest BCUT2D eigenvalue weighted by atomic mass is 9.97. The van der Waals surface area contributed by atoms with E-state index in [9.17, 15) is 4.79 Å². The average molecular weight is 343 g/mol. The molecule has 4 heteroatoms. The molecule has 1 N–H and O–H groups in total. The molecule has 2 aromatic rings. The normalized spacial score (nSPS) is 17.6. The molecule has 1 aliphatic heterocycles. The number of hydrogen-bond donors (Lipinski definition) is 1. The fraction of sp³-hybridized carbons (Fsp3) is 0.450. The minimum absolute atomic E-state index is 0.0157. The van der Waals surface area contributed by atoms with Gasteiger partial charge in [-0.05, 0) is 62.4 Å². The van der Waals surface area contributed by atoms with E-state index in [1.165, 1.54) is 23.3 Å². The van der Waals surface area contributed by atoms with Gasteiger partial charge in [-0.1, -0.05) is 30.7 Å². The number of aryl methyl sites for hydroxylation is 1. The van der Waals surface area contributed by atoms with Crippen molar-refractivity contribution < 1.29 is 4.79 Å². The molecule has 1 amide bonds. The molecule has 0 bridgehead atoms. The van der Waals surface area contributed by atoms with Crippen molar-refractivity contribution in [3.8, 4) is 0 Å². The number of amides is 1. The predicted octanol–water partition coefficient (Wildman–Crippen LogP) is 4.26. The Morgan fingerprint density at radius 2 is 1.96 bits per heavy atom. The molecule has 24 heavy (non-hydrogen) atoms.